The molecule has 4 aromatic rings. The molecule has 1 aromatic carbocycles. The lowest BCUT2D eigenvalue weighted by atomic mass is 10.2. The van der Waals surface area contributed by atoms with Crippen molar-refractivity contribution in [3.63, 3.8) is 0 Å². The quantitative estimate of drug-likeness (QED) is 0.614. The number of nitrogens with zero attached hydrogens (tertiary/aromatic N) is 5. The maximum absolute atomic E-state index is 12.1. The van der Waals surface area contributed by atoms with Crippen LogP contribution in [0.15, 0.2) is 35.1 Å². The van der Waals surface area contributed by atoms with E-state index < -0.39 is 0 Å². The van der Waals surface area contributed by atoms with E-state index >= 15 is 0 Å². The highest BCUT2D eigenvalue weighted by molar-refractivity contribution is 7.00. The van der Waals surface area contributed by atoms with Crippen LogP contribution in [0.25, 0.3) is 16.7 Å². The number of hydrogen-bond donors (Lipinski definition) is 1. The zero-order valence-corrected chi connectivity index (χ0v) is 14.2. The topological polar surface area (TPSA) is 79.2 Å². The minimum absolute atomic E-state index is 0.0912. The van der Waals surface area contributed by atoms with Crippen molar-refractivity contribution in [3.8, 4) is 0 Å². The zero-order chi connectivity index (χ0) is 16.7. The average molecular weight is 340 g/mol. The molecule has 0 atom stereocenters. The summed E-state index contributed by atoms with van der Waals surface area (Å²) in [5.41, 5.74) is 5.24. The van der Waals surface area contributed by atoms with Crippen LogP contribution in [0.4, 0.5) is 0 Å². The Morgan fingerprint density at radius 3 is 2.88 bits per heavy atom. The standard InChI is InChI=1S/C16H16N6OS/c1-10-5-15-17-12(7-16(23)22(15)18-10)9-21(2)8-11-3-4-13-14(6-11)20-24-19-13/h3-7,18H,8-9H2,1-2H3. The fourth-order valence-corrected chi connectivity index (χ4v) is 3.33. The Balaban J connectivity index is 1.54. The molecular formula is C16H16N6OS. The zero-order valence-electron chi connectivity index (χ0n) is 13.4. The Morgan fingerprint density at radius 2 is 2.00 bits per heavy atom. The molecule has 0 fully saturated rings. The summed E-state index contributed by atoms with van der Waals surface area (Å²) in [6.45, 7) is 3.26. The van der Waals surface area contributed by atoms with Gasteiger partial charge in [0.1, 0.15) is 11.0 Å². The fraction of sp³-hybridized carbons (Fsp3) is 0.250. The van der Waals surface area contributed by atoms with Gasteiger partial charge >= 0.3 is 0 Å². The third-order valence-corrected chi connectivity index (χ3v) is 4.39. The highest BCUT2D eigenvalue weighted by Gasteiger charge is 2.09. The molecule has 3 heterocycles. The Labute approximate surface area is 141 Å². The number of nitrogens with one attached hydrogen (secondary N) is 1. The van der Waals surface area contributed by atoms with E-state index in [2.05, 4.69) is 35.9 Å². The van der Waals surface area contributed by atoms with Gasteiger partial charge in [-0.2, -0.15) is 8.75 Å². The second-order valence-electron chi connectivity index (χ2n) is 5.98. The van der Waals surface area contributed by atoms with Gasteiger partial charge in [-0.25, -0.2) is 9.50 Å². The van der Waals surface area contributed by atoms with Gasteiger partial charge < -0.3 is 0 Å². The minimum Gasteiger partial charge on any atom is -0.296 e. The second-order valence-corrected chi connectivity index (χ2v) is 6.51. The van der Waals surface area contributed by atoms with Crippen LogP contribution in [0.1, 0.15) is 17.0 Å². The van der Waals surface area contributed by atoms with Crippen LogP contribution >= 0.6 is 11.7 Å². The highest BCUT2D eigenvalue weighted by atomic mass is 32.1. The van der Waals surface area contributed by atoms with E-state index in [-0.39, 0.29) is 5.56 Å². The first kappa shape index (κ1) is 15.0. The molecule has 0 amide bonds. The van der Waals surface area contributed by atoms with Crippen LogP contribution in [-0.4, -0.2) is 35.3 Å². The Hall–Kier alpha value is -2.58. The van der Waals surface area contributed by atoms with Crippen LogP contribution in [0.5, 0.6) is 0 Å². The van der Waals surface area contributed by atoms with E-state index in [9.17, 15) is 4.79 Å². The maximum Gasteiger partial charge on any atom is 0.272 e. The van der Waals surface area contributed by atoms with Crippen LogP contribution in [0.2, 0.25) is 0 Å². The third kappa shape index (κ3) is 2.81. The summed E-state index contributed by atoms with van der Waals surface area (Å²) in [6.07, 6.45) is 0. The third-order valence-electron chi connectivity index (χ3n) is 3.83. The molecule has 24 heavy (non-hydrogen) atoms. The van der Waals surface area contributed by atoms with Gasteiger partial charge in [0.25, 0.3) is 5.56 Å². The normalized spacial score (nSPS) is 11.8. The molecule has 0 saturated heterocycles. The first-order valence-electron chi connectivity index (χ1n) is 7.56. The van der Waals surface area contributed by atoms with Crippen LogP contribution in [0, 0.1) is 6.92 Å². The summed E-state index contributed by atoms with van der Waals surface area (Å²) in [4.78, 5) is 18.8. The van der Waals surface area contributed by atoms with Gasteiger partial charge in [-0.05, 0) is 31.7 Å². The molecule has 7 nitrogen and oxygen atoms in total. The molecule has 3 aromatic heterocycles. The van der Waals surface area contributed by atoms with Gasteiger partial charge in [0, 0.05) is 30.9 Å². The molecule has 0 aliphatic carbocycles. The smallest absolute Gasteiger partial charge is 0.272 e. The van der Waals surface area contributed by atoms with E-state index in [1.54, 1.807) is 6.07 Å². The molecule has 0 radical (unpaired) electrons. The molecule has 0 aliphatic rings. The fourth-order valence-electron chi connectivity index (χ4n) is 2.81. The molecule has 1 N–H and O–H groups in total. The summed E-state index contributed by atoms with van der Waals surface area (Å²) >= 11 is 1.22. The Morgan fingerprint density at radius 1 is 1.17 bits per heavy atom. The number of aryl methyl sites for hydroxylation is 1. The van der Waals surface area contributed by atoms with Crippen molar-refractivity contribution in [2.45, 2.75) is 20.0 Å². The number of aromatic nitrogens is 5. The molecule has 0 spiro atoms. The summed E-state index contributed by atoms with van der Waals surface area (Å²) in [6, 6.07) is 9.54. The van der Waals surface area contributed by atoms with E-state index in [4.69, 9.17) is 0 Å². The van der Waals surface area contributed by atoms with Crippen LogP contribution < -0.4 is 5.56 Å². The molecule has 0 unspecified atom stereocenters. The lowest BCUT2D eigenvalue weighted by Crippen LogP contribution is -2.21. The number of hydrogen-bond acceptors (Lipinski definition) is 6. The van der Waals surface area contributed by atoms with Gasteiger partial charge in [-0.3, -0.25) is 14.8 Å². The summed E-state index contributed by atoms with van der Waals surface area (Å²) in [5.74, 6) is 0. The highest BCUT2D eigenvalue weighted by Crippen LogP contribution is 2.15. The molecule has 0 aliphatic heterocycles. The van der Waals surface area contributed by atoms with Crippen molar-refractivity contribution in [2.75, 3.05) is 7.05 Å². The van der Waals surface area contributed by atoms with E-state index in [0.29, 0.717) is 12.2 Å². The van der Waals surface area contributed by atoms with E-state index in [0.717, 1.165) is 34.5 Å². The molecular weight excluding hydrogens is 324 g/mol. The van der Waals surface area contributed by atoms with E-state index in [1.165, 1.54) is 16.2 Å². The minimum atomic E-state index is -0.0912. The van der Waals surface area contributed by atoms with Gasteiger partial charge in [0.15, 0.2) is 5.65 Å². The van der Waals surface area contributed by atoms with Gasteiger partial charge in [0.2, 0.25) is 0 Å². The monoisotopic (exact) mass is 340 g/mol. The Kier molecular flexibility index (Phi) is 3.62. The largest absolute Gasteiger partial charge is 0.296 e. The van der Waals surface area contributed by atoms with Crippen LogP contribution in [0.3, 0.4) is 0 Å². The van der Waals surface area contributed by atoms with Crippen molar-refractivity contribution >= 4 is 28.4 Å². The maximum atomic E-state index is 12.1. The average Bonchev–Trinajstić information content (AvgIpc) is 3.12. The number of rotatable bonds is 4. The second kappa shape index (κ2) is 5.81. The summed E-state index contributed by atoms with van der Waals surface area (Å²) in [5, 5.41) is 2.98. The number of fused-ring (bicyclic) bond motifs is 2. The number of benzene rings is 1. The first-order chi connectivity index (χ1) is 11.6. The van der Waals surface area contributed by atoms with E-state index in [1.807, 2.05) is 26.1 Å². The first-order valence-corrected chi connectivity index (χ1v) is 8.29. The SMILES string of the molecule is Cc1cc2nc(CN(C)Cc3ccc4nsnc4c3)cc(=O)n2[nH]1. The van der Waals surface area contributed by atoms with Crippen molar-refractivity contribution in [2.24, 2.45) is 0 Å². The molecule has 122 valence electrons. The summed E-state index contributed by atoms with van der Waals surface area (Å²) in [7, 11) is 2.01. The Bertz CT molecular complexity index is 1080. The van der Waals surface area contributed by atoms with Gasteiger partial charge in [-0.1, -0.05) is 6.07 Å². The lowest BCUT2D eigenvalue weighted by molar-refractivity contribution is 0.315. The van der Waals surface area contributed by atoms with Crippen molar-refractivity contribution < 1.29 is 0 Å². The number of H-pyrrole nitrogens is 1. The van der Waals surface area contributed by atoms with Gasteiger partial charge in [-0.15, -0.1) is 0 Å². The lowest BCUT2D eigenvalue weighted by Gasteiger charge is -2.16. The van der Waals surface area contributed by atoms with Gasteiger partial charge in [0.05, 0.1) is 17.4 Å². The van der Waals surface area contributed by atoms with Crippen LogP contribution in [-0.2, 0) is 13.1 Å². The predicted molar refractivity (Wildman–Crippen MR) is 93.1 cm³/mol. The molecule has 4 rings (SSSR count). The van der Waals surface area contributed by atoms with Crippen molar-refractivity contribution in [1.29, 1.82) is 0 Å². The molecule has 0 bridgehead atoms. The summed E-state index contributed by atoms with van der Waals surface area (Å²) < 4.78 is 9.95. The molecule has 8 heteroatoms. The van der Waals surface area contributed by atoms with Crippen molar-refractivity contribution in [3.05, 3.63) is 57.6 Å². The number of aromatic amines is 1. The predicted octanol–water partition coefficient (Wildman–Crippen LogP) is 1.97. The molecule has 0 saturated carbocycles. The van der Waals surface area contributed by atoms with Crippen molar-refractivity contribution in [1.82, 2.24) is 28.2 Å².